The van der Waals surface area contributed by atoms with Gasteiger partial charge < -0.3 is 10.5 Å². The minimum absolute atomic E-state index is 0.244. The number of hydrogen-bond acceptors (Lipinski definition) is 4. The van der Waals surface area contributed by atoms with Crippen molar-refractivity contribution in [1.29, 1.82) is 0 Å². The van der Waals surface area contributed by atoms with Crippen LogP contribution in [0.1, 0.15) is 0 Å². The monoisotopic (exact) mass is 226 g/mol. The van der Waals surface area contributed by atoms with E-state index in [1.165, 1.54) is 17.4 Å². The molecule has 0 saturated heterocycles. The van der Waals surface area contributed by atoms with E-state index in [1.807, 2.05) is 0 Å². The Morgan fingerprint density at radius 3 is 3.07 bits per heavy atom. The van der Waals surface area contributed by atoms with Crippen molar-refractivity contribution in [3.8, 4) is 5.19 Å². The van der Waals surface area contributed by atoms with E-state index < -0.39 is 11.7 Å². The van der Waals surface area contributed by atoms with Crippen molar-refractivity contribution in [2.45, 2.75) is 0 Å². The molecule has 1 aromatic carbocycles. The number of thiazole rings is 1. The predicted octanol–water partition coefficient (Wildman–Crippen LogP) is 1.30. The van der Waals surface area contributed by atoms with E-state index in [2.05, 4.69) is 4.98 Å². The van der Waals surface area contributed by atoms with Crippen molar-refractivity contribution in [2.24, 2.45) is 5.73 Å². The Hall–Kier alpha value is -1.69. The SMILES string of the molecule is NC(=O)COc1nc2c(F)cccc2s1. The largest absolute Gasteiger partial charge is 0.460 e. The second-order valence-electron chi connectivity index (χ2n) is 2.82. The van der Waals surface area contributed by atoms with Gasteiger partial charge in [0.2, 0.25) is 0 Å². The third-order valence-corrected chi connectivity index (χ3v) is 2.62. The van der Waals surface area contributed by atoms with E-state index in [1.54, 1.807) is 12.1 Å². The molecule has 6 heteroatoms. The maximum absolute atomic E-state index is 13.2. The van der Waals surface area contributed by atoms with E-state index in [4.69, 9.17) is 10.5 Å². The summed E-state index contributed by atoms with van der Waals surface area (Å²) in [5.41, 5.74) is 5.16. The maximum Gasteiger partial charge on any atom is 0.274 e. The molecule has 2 rings (SSSR count). The Morgan fingerprint density at radius 1 is 1.60 bits per heavy atom. The molecule has 0 aliphatic carbocycles. The fourth-order valence-electron chi connectivity index (χ4n) is 1.09. The summed E-state index contributed by atoms with van der Waals surface area (Å²) in [5, 5.41) is 0.244. The smallest absolute Gasteiger partial charge is 0.274 e. The Bertz CT molecular complexity index is 512. The van der Waals surface area contributed by atoms with E-state index in [0.717, 1.165) is 0 Å². The molecule has 2 aromatic rings. The summed E-state index contributed by atoms with van der Waals surface area (Å²) in [5.74, 6) is -0.993. The second kappa shape index (κ2) is 3.82. The van der Waals surface area contributed by atoms with Gasteiger partial charge in [-0.15, -0.1) is 0 Å². The number of aromatic nitrogens is 1. The maximum atomic E-state index is 13.2. The topological polar surface area (TPSA) is 65.2 Å². The number of halogens is 1. The van der Waals surface area contributed by atoms with Crippen LogP contribution < -0.4 is 10.5 Å². The van der Waals surface area contributed by atoms with Crippen LogP contribution in [0, 0.1) is 5.82 Å². The molecule has 0 bridgehead atoms. The van der Waals surface area contributed by atoms with Gasteiger partial charge in [-0.05, 0) is 12.1 Å². The Balaban J connectivity index is 2.31. The number of benzene rings is 1. The molecule has 15 heavy (non-hydrogen) atoms. The Labute approximate surface area is 88.5 Å². The number of carbonyl (C=O) groups excluding carboxylic acids is 1. The lowest BCUT2D eigenvalue weighted by Crippen LogP contribution is -2.19. The average molecular weight is 226 g/mol. The van der Waals surface area contributed by atoms with Gasteiger partial charge in [-0.25, -0.2) is 4.39 Å². The first-order chi connectivity index (χ1) is 7.16. The van der Waals surface area contributed by atoms with E-state index >= 15 is 0 Å². The van der Waals surface area contributed by atoms with Crippen molar-refractivity contribution in [2.75, 3.05) is 6.61 Å². The van der Waals surface area contributed by atoms with Gasteiger partial charge in [0.1, 0.15) is 11.3 Å². The molecule has 4 nitrogen and oxygen atoms in total. The van der Waals surface area contributed by atoms with Gasteiger partial charge in [-0.2, -0.15) is 4.98 Å². The molecular formula is C9H7FN2O2S. The fraction of sp³-hybridized carbons (Fsp3) is 0.111. The van der Waals surface area contributed by atoms with Gasteiger partial charge in [-0.3, -0.25) is 4.79 Å². The quantitative estimate of drug-likeness (QED) is 0.857. The zero-order chi connectivity index (χ0) is 10.8. The van der Waals surface area contributed by atoms with E-state index in [9.17, 15) is 9.18 Å². The second-order valence-corrected chi connectivity index (χ2v) is 3.81. The van der Waals surface area contributed by atoms with Gasteiger partial charge in [0.15, 0.2) is 6.61 Å². The number of para-hydroxylation sites is 1. The van der Waals surface area contributed by atoms with Crippen LogP contribution in [0.2, 0.25) is 0 Å². The minimum Gasteiger partial charge on any atom is -0.460 e. The number of primary amides is 1. The number of rotatable bonds is 3. The van der Waals surface area contributed by atoms with Crippen molar-refractivity contribution in [3.63, 3.8) is 0 Å². The number of ether oxygens (including phenoxy) is 1. The molecule has 0 spiro atoms. The first kappa shape index (κ1) is 9.85. The lowest BCUT2D eigenvalue weighted by Gasteiger charge is -1.95. The van der Waals surface area contributed by atoms with Crippen molar-refractivity contribution < 1.29 is 13.9 Å². The lowest BCUT2D eigenvalue weighted by molar-refractivity contribution is -0.119. The molecule has 0 radical (unpaired) electrons. The Morgan fingerprint density at radius 2 is 2.40 bits per heavy atom. The van der Waals surface area contributed by atoms with Crippen molar-refractivity contribution in [1.82, 2.24) is 4.98 Å². The molecule has 1 amide bonds. The lowest BCUT2D eigenvalue weighted by atomic mass is 10.3. The van der Waals surface area contributed by atoms with Crippen LogP contribution >= 0.6 is 11.3 Å². The van der Waals surface area contributed by atoms with Gasteiger partial charge in [0.25, 0.3) is 11.1 Å². The standard InChI is InChI=1S/C9H7FN2O2S/c10-5-2-1-3-6-8(5)12-9(15-6)14-4-7(11)13/h1-3H,4H2,(H2,11,13). The molecule has 0 unspecified atom stereocenters. The highest BCUT2D eigenvalue weighted by Gasteiger charge is 2.09. The molecular weight excluding hydrogens is 219 g/mol. The van der Waals surface area contributed by atoms with Crippen LogP contribution in [0.5, 0.6) is 5.19 Å². The summed E-state index contributed by atoms with van der Waals surface area (Å²) in [6.07, 6.45) is 0. The molecule has 0 fully saturated rings. The first-order valence-corrected chi connectivity index (χ1v) is 4.94. The summed E-state index contributed by atoms with van der Waals surface area (Å²) in [6, 6.07) is 4.64. The number of carbonyl (C=O) groups is 1. The normalized spacial score (nSPS) is 10.5. The Kier molecular flexibility index (Phi) is 2.51. The number of hydrogen-bond donors (Lipinski definition) is 1. The highest BCUT2D eigenvalue weighted by Crippen LogP contribution is 2.28. The highest BCUT2D eigenvalue weighted by molar-refractivity contribution is 7.20. The summed E-state index contributed by atoms with van der Waals surface area (Å²) < 4.78 is 18.8. The number of nitrogens with zero attached hydrogens (tertiary/aromatic N) is 1. The molecule has 0 aliphatic heterocycles. The van der Waals surface area contributed by atoms with Crippen LogP contribution in [-0.4, -0.2) is 17.5 Å². The van der Waals surface area contributed by atoms with Gasteiger partial charge in [0.05, 0.1) is 4.70 Å². The molecule has 2 N–H and O–H groups in total. The summed E-state index contributed by atoms with van der Waals surface area (Å²) in [4.78, 5) is 14.4. The fourth-order valence-corrected chi connectivity index (χ4v) is 1.92. The van der Waals surface area contributed by atoms with Crippen LogP contribution in [0.3, 0.4) is 0 Å². The summed E-state index contributed by atoms with van der Waals surface area (Å²) in [7, 11) is 0. The summed E-state index contributed by atoms with van der Waals surface area (Å²) in [6.45, 7) is -0.249. The summed E-state index contributed by atoms with van der Waals surface area (Å²) >= 11 is 1.17. The zero-order valence-corrected chi connectivity index (χ0v) is 8.38. The van der Waals surface area contributed by atoms with Crippen LogP contribution in [0.4, 0.5) is 4.39 Å². The minimum atomic E-state index is -0.588. The van der Waals surface area contributed by atoms with Gasteiger partial charge in [-0.1, -0.05) is 17.4 Å². The van der Waals surface area contributed by atoms with E-state index in [-0.39, 0.29) is 17.3 Å². The predicted molar refractivity (Wildman–Crippen MR) is 54.3 cm³/mol. The van der Waals surface area contributed by atoms with Crippen LogP contribution in [0.15, 0.2) is 18.2 Å². The third-order valence-electron chi connectivity index (χ3n) is 1.69. The number of fused-ring (bicyclic) bond motifs is 1. The van der Waals surface area contributed by atoms with Gasteiger partial charge in [0, 0.05) is 0 Å². The molecule has 0 aliphatic rings. The zero-order valence-electron chi connectivity index (χ0n) is 7.57. The van der Waals surface area contributed by atoms with Crippen LogP contribution in [0.25, 0.3) is 10.2 Å². The van der Waals surface area contributed by atoms with Crippen molar-refractivity contribution >= 4 is 27.5 Å². The first-order valence-electron chi connectivity index (χ1n) is 4.13. The third kappa shape index (κ3) is 2.04. The molecule has 1 aromatic heterocycles. The molecule has 0 atom stereocenters. The number of nitrogens with two attached hydrogens (primary N) is 1. The molecule has 1 heterocycles. The molecule has 0 saturated carbocycles. The van der Waals surface area contributed by atoms with Crippen molar-refractivity contribution in [3.05, 3.63) is 24.0 Å². The number of amides is 1. The van der Waals surface area contributed by atoms with Crippen LogP contribution in [-0.2, 0) is 4.79 Å². The highest BCUT2D eigenvalue weighted by atomic mass is 32.1. The van der Waals surface area contributed by atoms with Gasteiger partial charge >= 0.3 is 0 Å². The van der Waals surface area contributed by atoms with E-state index in [0.29, 0.717) is 4.70 Å². The molecule has 78 valence electrons. The average Bonchev–Trinajstić information content (AvgIpc) is 2.59.